The molecule has 2 heterocycles. The molecule has 12 heteroatoms. The van der Waals surface area contributed by atoms with E-state index in [1.54, 1.807) is 23.1 Å². The highest BCUT2D eigenvalue weighted by Crippen LogP contribution is 2.39. The summed E-state index contributed by atoms with van der Waals surface area (Å²) in [4.78, 5) is 16.6. The smallest absolute Gasteiger partial charge is 0.357 e. The molecule has 0 bridgehead atoms. The second kappa shape index (κ2) is 13.5. The first-order chi connectivity index (χ1) is 20.4. The van der Waals surface area contributed by atoms with Gasteiger partial charge in [-0.1, -0.05) is 18.2 Å². The molecule has 9 nitrogen and oxygen atoms in total. The number of halogens is 1. The number of thiazole rings is 1. The van der Waals surface area contributed by atoms with Crippen molar-refractivity contribution in [3.05, 3.63) is 76.2 Å². The second-order valence-corrected chi connectivity index (χ2v) is 12.7. The zero-order chi connectivity index (χ0) is 29.2. The fraction of sp³-hybridized carbons (Fsp3) is 0.387. The van der Waals surface area contributed by atoms with E-state index in [0.717, 1.165) is 60.4 Å². The van der Waals surface area contributed by atoms with Crippen LogP contribution in [0.15, 0.2) is 52.7 Å². The largest absolute Gasteiger partial charge is 0.612 e. The predicted octanol–water partition coefficient (Wildman–Crippen LogP) is 6.52. The Balaban J connectivity index is 0.00000368. The molecule has 4 aromatic rings. The number of benzene rings is 2. The number of aromatic nitrogens is 3. The van der Waals surface area contributed by atoms with Crippen LogP contribution in [0, 0.1) is 11.7 Å². The van der Waals surface area contributed by atoms with Crippen LogP contribution in [0.1, 0.15) is 72.8 Å². The molecule has 2 aromatic heterocycles. The van der Waals surface area contributed by atoms with Crippen molar-refractivity contribution in [1.29, 1.82) is 0 Å². The van der Waals surface area contributed by atoms with E-state index in [9.17, 15) is 17.9 Å². The van der Waals surface area contributed by atoms with E-state index in [4.69, 9.17) is 14.6 Å². The summed E-state index contributed by atoms with van der Waals surface area (Å²) < 4.78 is 50.9. The summed E-state index contributed by atoms with van der Waals surface area (Å²) >= 11 is -1.72. The van der Waals surface area contributed by atoms with Crippen LogP contribution >= 0.6 is 11.3 Å². The molecule has 1 unspecified atom stereocenters. The molecule has 2 saturated carbocycles. The van der Waals surface area contributed by atoms with E-state index in [0.29, 0.717) is 23.0 Å². The van der Waals surface area contributed by atoms with Crippen molar-refractivity contribution in [2.75, 3.05) is 6.61 Å². The van der Waals surface area contributed by atoms with Crippen molar-refractivity contribution >= 4 is 28.4 Å². The number of carbonyl (C=O) groups is 1. The molecule has 43 heavy (non-hydrogen) atoms. The molecule has 0 aliphatic heterocycles. The highest BCUT2D eigenvalue weighted by Gasteiger charge is 2.30. The minimum atomic E-state index is -3.03. The van der Waals surface area contributed by atoms with Gasteiger partial charge in [-0.05, 0) is 87.6 Å². The minimum Gasteiger partial charge on any atom is -0.612 e. The summed E-state index contributed by atoms with van der Waals surface area (Å²) in [5, 5.41) is 7.27. The maximum absolute atomic E-state index is 14.7. The molecule has 2 fully saturated rings. The average molecular weight is 627 g/mol. The lowest BCUT2D eigenvalue weighted by Gasteiger charge is -2.14. The second-order valence-electron chi connectivity index (χ2n) is 10.8. The van der Waals surface area contributed by atoms with Crippen LogP contribution in [0.3, 0.4) is 0 Å². The molecule has 0 spiro atoms. The van der Waals surface area contributed by atoms with Crippen LogP contribution in [-0.2, 0) is 32.9 Å². The molecule has 2 aliphatic carbocycles. The molecular formula is C31H35FN4O5S2. The number of hydrogen-bond donors (Lipinski definition) is 1. The maximum atomic E-state index is 14.7. The van der Waals surface area contributed by atoms with Gasteiger partial charge in [0.15, 0.2) is 16.4 Å². The van der Waals surface area contributed by atoms with Gasteiger partial charge >= 0.3 is 5.97 Å². The summed E-state index contributed by atoms with van der Waals surface area (Å²) in [5.41, 5.74) is 4.29. The van der Waals surface area contributed by atoms with Gasteiger partial charge in [0.2, 0.25) is 5.13 Å². The summed E-state index contributed by atoms with van der Waals surface area (Å²) in [6.45, 7) is 2.00. The van der Waals surface area contributed by atoms with Gasteiger partial charge in [-0.25, -0.2) is 18.9 Å². The summed E-state index contributed by atoms with van der Waals surface area (Å²) in [6, 6.07) is 12.1. The third kappa shape index (κ3) is 7.04. The van der Waals surface area contributed by atoms with E-state index >= 15 is 0 Å². The van der Waals surface area contributed by atoms with Gasteiger partial charge in [0.1, 0.15) is 5.75 Å². The van der Waals surface area contributed by atoms with Gasteiger partial charge in [-0.2, -0.15) is 5.10 Å². The maximum Gasteiger partial charge on any atom is 0.357 e. The normalized spacial score (nSPS) is 15.7. The number of nitrogens with zero attached hydrogens (tertiary/aromatic N) is 3. The lowest BCUT2D eigenvalue weighted by Crippen LogP contribution is -2.10. The number of esters is 1. The Bertz CT molecular complexity index is 1630. The highest BCUT2D eigenvalue weighted by atomic mass is 32.2. The van der Waals surface area contributed by atoms with Crippen LogP contribution in [0.5, 0.6) is 5.75 Å². The Morgan fingerprint density at radius 2 is 1.95 bits per heavy atom. The molecule has 0 radical (unpaired) electrons. The molecular weight excluding hydrogens is 591 g/mol. The first kappa shape index (κ1) is 31.0. The topological polar surface area (TPSA) is 141 Å². The van der Waals surface area contributed by atoms with E-state index in [-0.39, 0.29) is 29.5 Å². The van der Waals surface area contributed by atoms with Crippen LogP contribution in [0.25, 0.3) is 16.4 Å². The Hall–Kier alpha value is -3.45. The number of rotatable bonds is 11. The minimum absolute atomic E-state index is 0. The van der Waals surface area contributed by atoms with Gasteiger partial charge in [-0.3, -0.25) is 0 Å². The van der Waals surface area contributed by atoms with Crippen molar-refractivity contribution < 1.29 is 27.4 Å². The first-order valence-corrected chi connectivity index (χ1v) is 16.4. The van der Waals surface area contributed by atoms with Crippen molar-refractivity contribution in [2.45, 2.75) is 69.3 Å². The fourth-order valence-corrected chi connectivity index (χ4v) is 6.66. The van der Waals surface area contributed by atoms with Gasteiger partial charge in [0, 0.05) is 22.9 Å². The third-order valence-corrected chi connectivity index (χ3v) is 9.30. The van der Waals surface area contributed by atoms with Crippen molar-refractivity contribution in [2.24, 2.45) is 5.92 Å². The van der Waals surface area contributed by atoms with Gasteiger partial charge in [0.05, 0.1) is 35.2 Å². The van der Waals surface area contributed by atoms with E-state index < -0.39 is 22.9 Å². The lowest BCUT2D eigenvalue weighted by atomic mass is 9.97. The van der Waals surface area contributed by atoms with E-state index in [1.807, 2.05) is 24.3 Å². The fourth-order valence-electron chi connectivity index (χ4n) is 5.45. The van der Waals surface area contributed by atoms with Crippen molar-refractivity contribution in [1.82, 2.24) is 20.9 Å². The zero-order valence-electron chi connectivity index (χ0n) is 24.0. The molecule has 228 valence electrons. The van der Waals surface area contributed by atoms with E-state index in [2.05, 4.69) is 4.98 Å². The quantitative estimate of drug-likeness (QED) is 0.113. The Morgan fingerprint density at radius 3 is 2.65 bits per heavy atom. The van der Waals surface area contributed by atoms with Crippen molar-refractivity contribution in [3.63, 3.8) is 0 Å². The SMILES string of the molecule is CCOC(=O)c1csc(-n2nc(-c3cccc(OC4CCCC4)c3)c(Cc3ccc([SH+](=O)[O-])c(F)c3)c2CC2CC2)n1.N. The first-order valence-electron chi connectivity index (χ1n) is 14.3. The Labute approximate surface area is 256 Å². The summed E-state index contributed by atoms with van der Waals surface area (Å²) in [6.07, 6.45) is 7.93. The van der Waals surface area contributed by atoms with Crippen LogP contribution in [0.2, 0.25) is 0 Å². The van der Waals surface area contributed by atoms with Gasteiger partial charge in [-0.15, -0.1) is 15.5 Å². The van der Waals surface area contributed by atoms with E-state index in [1.165, 1.54) is 36.3 Å². The number of carbonyl (C=O) groups excluding carboxylic acids is 1. The van der Waals surface area contributed by atoms with Crippen molar-refractivity contribution in [3.8, 4) is 22.1 Å². The average Bonchev–Trinajstić information content (AvgIpc) is 3.31. The number of hydrogen-bond acceptors (Lipinski definition) is 9. The third-order valence-electron chi connectivity index (χ3n) is 7.73. The van der Waals surface area contributed by atoms with Crippen LogP contribution < -0.4 is 10.9 Å². The lowest BCUT2D eigenvalue weighted by molar-refractivity contribution is 0.0520. The zero-order valence-corrected chi connectivity index (χ0v) is 25.7. The monoisotopic (exact) mass is 626 g/mol. The van der Waals surface area contributed by atoms with Crippen LogP contribution in [0.4, 0.5) is 4.39 Å². The van der Waals surface area contributed by atoms with Crippen LogP contribution in [-0.4, -0.2) is 38.0 Å². The molecule has 0 amide bonds. The molecule has 0 saturated heterocycles. The molecule has 1 atom stereocenters. The standard InChI is InChI=1S/C31H32FN3O5S2.H3N/c1-2-39-30(36)26-18-41-31(33-26)35-27(16-19-10-11-19)24(14-20-12-13-28(42(37)38)25(32)15-20)29(34-35)21-6-5-9-23(17-21)40-22-7-3-4-8-22;/h5-6,9,12-13,15,17-19,22,42H,2-4,7-8,10-11,14,16H2,1H3;1H3. The molecule has 2 aliphatic rings. The number of ether oxygens (including phenoxy) is 2. The predicted molar refractivity (Wildman–Crippen MR) is 163 cm³/mol. The summed E-state index contributed by atoms with van der Waals surface area (Å²) in [5.74, 6) is 0.0157. The number of thiol groups is 1. The molecule has 6 rings (SSSR count). The highest BCUT2D eigenvalue weighted by molar-refractivity contribution is 7.79. The Kier molecular flexibility index (Phi) is 9.70. The Morgan fingerprint density at radius 1 is 1.16 bits per heavy atom. The summed E-state index contributed by atoms with van der Waals surface area (Å²) in [7, 11) is 0. The molecule has 2 aromatic carbocycles. The van der Waals surface area contributed by atoms with Gasteiger partial charge in [0.25, 0.3) is 0 Å². The van der Waals surface area contributed by atoms with Gasteiger partial charge < -0.3 is 20.2 Å². The molecule has 3 N–H and O–H groups in total.